The van der Waals surface area contributed by atoms with E-state index in [-0.39, 0.29) is 0 Å². The minimum atomic E-state index is 0.598. The second-order valence-corrected chi connectivity index (χ2v) is 4.11. The molecule has 0 spiro atoms. The molecule has 0 aromatic rings. The molecule has 1 aliphatic rings. The lowest BCUT2D eigenvalue weighted by atomic mass is 9.88. The molecular formula is C8H13Br. The van der Waals surface area contributed by atoms with Crippen molar-refractivity contribution in [3.05, 3.63) is 12.2 Å². The first-order chi connectivity index (χ1) is 4.20. The number of allylic oxidation sites excluding steroid dienone is 1. The zero-order chi connectivity index (χ0) is 6.85. The molecular weight excluding hydrogens is 176 g/mol. The van der Waals surface area contributed by atoms with Crippen LogP contribution in [0, 0.1) is 5.92 Å². The van der Waals surface area contributed by atoms with E-state index in [1.54, 1.807) is 0 Å². The molecule has 0 radical (unpaired) electrons. The van der Waals surface area contributed by atoms with Gasteiger partial charge in [0.2, 0.25) is 0 Å². The van der Waals surface area contributed by atoms with Crippen LogP contribution in [0.25, 0.3) is 0 Å². The molecule has 1 fully saturated rings. The van der Waals surface area contributed by atoms with Crippen LogP contribution >= 0.6 is 15.9 Å². The number of rotatable bonds is 0. The van der Waals surface area contributed by atoms with Crippen LogP contribution in [0.2, 0.25) is 0 Å². The highest BCUT2D eigenvalue weighted by atomic mass is 79.9. The van der Waals surface area contributed by atoms with E-state index in [0.717, 1.165) is 5.92 Å². The maximum Gasteiger partial charge on any atom is 0.0354 e. The average Bonchev–Trinajstić information content (AvgIpc) is 1.80. The molecule has 0 N–H and O–H groups in total. The smallest absolute Gasteiger partial charge is 0.0354 e. The van der Waals surface area contributed by atoms with Gasteiger partial charge < -0.3 is 0 Å². The van der Waals surface area contributed by atoms with Crippen molar-refractivity contribution in [1.82, 2.24) is 0 Å². The largest absolute Gasteiger partial charge is 0.0987 e. The second kappa shape index (κ2) is 2.87. The maximum absolute atomic E-state index is 3.98. The predicted molar refractivity (Wildman–Crippen MR) is 44.9 cm³/mol. The first-order valence-corrected chi connectivity index (χ1v) is 4.43. The summed E-state index contributed by atoms with van der Waals surface area (Å²) >= 11 is 3.59. The van der Waals surface area contributed by atoms with E-state index in [2.05, 4.69) is 29.4 Å². The molecule has 0 heterocycles. The Labute approximate surface area is 65.5 Å². The quantitative estimate of drug-likeness (QED) is 0.405. The van der Waals surface area contributed by atoms with Gasteiger partial charge >= 0.3 is 0 Å². The summed E-state index contributed by atoms with van der Waals surface area (Å²) in [5.74, 6) is 0.889. The van der Waals surface area contributed by atoms with Crippen LogP contribution in [0.15, 0.2) is 12.2 Å². The normalized spacial score (nSPS) is 36.9. The van der Waals surface area contributed by atoms with Gasteiger partial charge in [-0.05, 0) is 25.2 Å². The number of hydrogen-bond donors (Lipinski definition) is 0. The van der Waals surface area contributed by atoms with Crippen LogP contribution in [0.4, 0.5) is 0 Å². The summed E-state index contributed by atoms with van der Waals surface area (Å²) < 4.78 is 0. The molecule has 1 heteroatoms. The van der Waals surface area contributed by atoms with E-state index < -0.39 is 0 Å². The molecule has 0 aromatic carbocycles. The van der Waals surface area contributed by atoms with Crippen LogP contribution in [-0.4, -0.2) is 4.83 Å². The van der Waals surface area contributed by atoms with Crippen LogP contribution in [0.1, 0.15) is 26.2 Å². The molecule has 1 saturated carbocycles. The summed E-state index contributed by atoms with van der Waals surface area (Å²) in [4.78, 5) is 0.598. The number of halogens is 1. The fourth-order valence-corrected chi connectivity index (χ4v) is 2.09. The summed E-state index contributed by atoms with van der Waals surface area (Å²) in [5.41, 5.74) is 1.38. The number of hydrogen-bond acceptors (Lipinski definition) is 0. The van der Waals surface area contributed by atoms with Gasteiger partial charge in [-0.2, -0.15) is 0 Å². The highest BCUT2D eigenvalue weighted by Gasteiger charge is 2.18. The topological polar surface area (TPSA) is 0 Å². The van der Waals surface area contributed by atoms with Gasteiger partial charge in [-0.25, -0.2) is 0 Å². The molecule has 0 saturated heterocycles. The van der Waals surface area contributed by atoms with Crippen LogP contribution in [0.5, 0.6) is 0 Å². The van der Waals surface area contributed by atoms with Gasteiger partial charge in [-0.1, -0.05) is 35.0 Å². The zero-order valence-corrected chi connectivity index (χ0v) is 7.45. The Hall–Kier alpha value is 0.220. The Morgan fingerprint density at radius 3 is 2.78 bits per heavy atom. The Balaban J connectivity index is 2.44. The third-order valence-corrected chi connectivity index (χ3v) is 3.03. The third kappa shape index (κ3) is 1.82. The number of alkyl halides is 1. The monoisotopic (exact) mass is 188 g/mol. The lowest BCUT2D eigenvalue weighted by Crippen LogP contribution is -2.14. The van der Waals surface area contributed by atoms with E-state index in [0.29, 0.717) is 4.83 Å². The minimum Gasteiger partial charge on any atom is -0.0987 e. The summed E-state index contributed by atoms with van der Waals surface area (Å²) in [6.45, 7) is 6.29. The molecule has 2 unspecified atom stereocenters. The second-order valence-electron chi connectivity index (χ2n) is 3.01. The van der Waals surface area contributed by atoms with E-state index in [9.17, 15) is 0 Å². The van der Waals surface area contributed by atoms with Gasteiger partial charge in [0, 0.05) is 4.83 Å². The first kappa shape index (κ1) is 7.33. The Morgan fingerprint density at radius 2 is 2.33 bits per heavy atom. The van der Waals surface area contributed by atoms with Gasteiger partial charge in [0.05, 0.1) is 0 Å². The van der Waals surface area contributed by atoms with Crippen molar-refractivity contribution in [3.8, 4) is 0 Å². The molecule has 0 nitrogen and oxygen atoms in total. The van der Waals surface area contributed by atoms with E-state index in [1.807, 2.05) is 0 Å². The molecule has 1 aliphatic carbocycles. The summed E-state index contributed by atoms with van der Waals surface area (Å²) in [6, 6.07) is 0. The Bertz CT molecular complexity index is 118. The summed E-state index contributed by atoms with van der Waals surface area (Å²) in [6.07, 6.45) is 3.83. The van der Waals surface area contributed by atoms with Crippen LogP contribution < -0.4 is 0 Å². The SMILES string of the molecule is C=C1CCC(C)CC1Br. The molecule has 0 bridgehead atoms. The van der Waals surface area contributed by atoms with Crippen molar-refractivity contribution in [2.75, 3.05) is 0 Å². The highest BCUT2D eigenvalue weighted by molar-refractivity contribution is 9.09. The maximum atomic E-state index is 3.98. The van der Waals surface area contributed by atoms with E-state index in [4.69, 9.17) is 0 Å². The Morgan fingerprint density at radius 1 is 1.67 bits per heavy atom. The predicted octanol–water partition coefficient (Wildman–Crippen LogP) is 3.13. The van der Waals surface area contributed by atoms with E-state index >= 15 is 0 Å². The van der Waals surface area contributed by atoms with Gasteiger partial charge in [0.25, 0.3) is 0 Å². The van der Waals surface area contributed by atoms with Gasteiger partial charge in [-0.15, -0.1) is 0 Å². The standard InChI is InChI=1S/C8H13Br/c1-6-3-4-7(2)8(9)5-6/h6,8H,2-5H2,1H3. The van der Waals surface area contributed by atoms with E-state index in [1.165, 1.54) is 24.8 Å². The van der Waals surface area contributed by atoms with Gasteiger partial charge in [-0.3, -0.25) is 0 Å². The Kier molecular flexibility index (Phi) is 2.34. The summed E-state index contributed by atoms with van der Waals surface area (Å²) in [7, 11) is 0. The molecule has 1 rings (SSSR count). The molecule has 2 atom stereocenters. The molecule has 52 valence electrons. The van der Waals surface area contributed by atoms with Crippen molar-refractivity contribution in [1.29, 1.82) is 0 Å². The van der Waals surface area contributed by atoms with Crippen molar-refractivity contribution >= 4 is 15.9 Å². The molecule has 0 amide bonds. The average molecular weight is 189 g/mol. The van der Waals surface area contributed by atoms with Crippen LogP contribution in [0.3, 0.4) is 0 Å². The van der Waals surface area contributed by atoms with Gasteiger partial charge in [0.1, 0.15) is 0 Å². The fraction of sp³-hybridized carbons (Fsp3) is 0.750. The molecule has 9 heavy (non-hydrogen) atoms. The van der Waals surface area contributed by atoms with Gasteiger partial charge in [0.15, 0.2) is 0 Å². The lowest BCUT2D eigenvalue weighted by Gasteiger charge is -2.24. The minimum absolute atomic E-state index is 0.598. The molecule has 0 aromatic heterocycles. The van der Waals surface area contributed by atoms with Crippen molar-refractivity contribution in [2.45, 2.75) is 31.0 Å². The highest BCUT2D eigenvalue weighted by Crippen LogP contribution is 2.31. The lowest BCUT2D eigenvalue weighted by molar-refractivity contribution is 0.455. The van der Waals surface area contributed by atoms with Crippen molar-refractivity contribution < 1.29 is 0 Å². The molecule has 0 aliphatic heterocycles. The van der Waals surface area contributed by atoms with Crippen molar-refractivity contribution in [3.63, 3.8) is 0 Å². The first-order valence-electron chi connectivity index (χ1n) is 3.52. The summed E-state index contributed by atoms with van der Waals surface area (Å²) in [5, 5.41) is 0. The fourth-order valence-electron chi connectivity index (χ4n) is 1.23. The van der Waals surface area contributed by atoms with Crippen LogP contribution in [-0.2, 0) is 0 Å². The van der Waals surface area contributed by atoms with Crippen molar-refractivity contribution in [2.24, 2.45) is 5.92 Å². The zero-order valence-electron chi connectivity index (χ0n) is 5.86. The third-order valence-electron chi connectivity index (χ3n) is 2.01.